The van der Waals surface area contributed by atoms with Gasteiger partial charge in [0.05, 0.1) is 12.6 Å². The van der Waals surface area contributed by atoms with Crippen LogP contribution in [-0.2, 0) is 0 Å². The van der Waals surface area contributed by atoms with Gasteiger partial charge in [-0.2, -0.15) is 0 Å². The molecule has 2 heterocycles. The Morgan fingerprint density at radius 2 is 2.00 bits per heavy atom. The van der Waals surface area contributed by atoms with E-state index in [1.165, 1.54) is 0 Å². The van der Waals surface area contributed by atoms with E-state index in [1.54, 1.807) is 0 Å². The summed E-state index contributed by atoms with van der Waals surface area (Å²) in [7, 11) is 0. The van der Waals surface area contributed by atoms with Gasteiger partial charge in [0.25, 0.3) is 5.92 Å². The molecule has 4 nitrogen and oxygen atoms in total. The number of hydrogen-bond donors (Lipinski definition) is 1. The molecule has 1 unspecified atom stereocenters. The minimum Gasteiger partial charge on any atom is -0.423 e. The molecule has 0 spiro atoms. The molecule has 1 saturated heterocycles. The van der Waals surface area contributed by atoms with Crippen LogP contribution < -0.4 is 5.32 Å². The molecule has 1 aromatic rings. The molecule has 0 aromatic carbocycles. The van der Waals surface area contributed by atoms with Gasteiger partial charge in [-0.05, 0) is 12.8 Å². The van der Waals surface area contributed by atoms with Crippen molar-refractivity contribution in [3.05, 3.63) is 11.8 Å². The minimum atomic E-state index is -2.65. The maximum Gasteiger partial charge on any atom is 0.262 e. The van der Waals surface area contributed by atoms with Crippen LogP contribution in [0.5, 0.6) is 0 Å². The molecule has 2 aliphatic rings. The van der Waals surface area contributed by atoms with E-state index < -0.39 is 12.0 Å². The minimum absolute atomic E-state index is 0.251. The molecule has 1 aromatic heterocycles. The lowest BCUT2D eigenvalue weighted by atomic mass is 10.2. The van der Waals surface area contributed by atoms with E-state index in [0.29, 0.717) is 17.7 Å². The Balaban J connectivity index is 1.75. The van der Waals surface area contributed by atoms with Gasteiger partial charge in [-0.3, -0.25) is 5.32 Å². The molecule has 0 amide bonds. The maximum absolute atomic E-state index is 12.9. The second-order valence-electron chi connectivity index (χ2n) is 4.25. The van der Waals surface area contributed by atoms with Crippen LogP contribution in [0.1, 0.15) is 43.0 Å². The molecule has 1 aliphatic carbocycles. The smallest absolute Gasteiger partial charge is 0.262 e. The Hall–Kier alpha value is -1.04. The summed E-state index contributed by atoms with van der Waals surface area (Å²) in [4.78, 5) is 0. The fraction of sp³-hybridized carbons (Fsp3) is 0.778. The summed E-state index contributed by atoms with van der Waals surface area (Å²) in [5, 5.41) is 10.4. The Bertz CT molecular complexity index is 375. The number of nitrogens with zero attached hydrogens (tertiary/aromatic N) is 2. The average molecular weight is 215 g/mol. The average Bonchev–Trinajstić information content (AvgIpc) is 2.79. The lowest BCUT2D eigenvalue weighted by Gasteiger charge is -2.04. The molecular weight excluding hydrogens is 204 g/mol. The third kappa shape index (κ3) is 1.73. The van der Waals surface area contributed by atoms with E-state index in [1.807, 2.05) is 0 Å². The summed E-state index contributed by atoms with van der Waals surface area (Å²) in [6, 6.07) is -0.486. The number of halogens is 2. The van der Waals surface area contributed by atoms with Gasteiger partial charge in [-0.1, -0.05) is 0 Å². The lowest BCUT2D eigenvalue weighted by molar-refractivity contribution is 0.0202. The molecule has 1 saturated carbocycles. The third-order valence-electron chi connectivity index (χ3n) is 2.79. The molecule has 6 heteroatoms. The summed E-state index contributed by atoms with van der Waals surface area (Å²) >= 11 is 0. The second kappa shape index (κ2) is 2.98. The first-order valence-corrected chi connectivity index (χ1v) is 5.08. The SMILES string of the molecule is FC1(F)CNC(c2nnc(C3CC3)o2)C1. The summed E-state index contributed by atoms with van der Waals surface area (Å²) in [6.07, 6.45) is 1.88. The summed E-state index contributed by atoms with van der Waals surface area (Å²) < 4.78 is 31.2. The zero-order valence-corrected chi connectivity index (χ0v) is 8.04. The first-order valence-electron chi connectivity index (χ1n) is 5.08. The lowest BCUT2D eigenvalue weighted by Crippen LogP contribution is -2.19. The molecule has 1 aliphatic heterocycles. The Kier molecular flexibility index (Phi) is 1.83. The van der Waals surface area contributed by atoms with Crippen LogP contribution in [0.3, 0.4) is 0 Å². The van der Waals surface area contributed by atoms with Crippen molar-refractivity contribution in [3.8, 4) is 0 Å². The van der Waals surface area contributed by atoms with Crippen LogP contribution in [0.4, 0.5) is 8.78 Å². The van der Waals surface area contributed by atoms with Crippen molar-refractivity contribution in [1.29, 1.82) is 0 Å². The fourth-order valence-electron chi connectivity index (χ4n) is 1.77. The van der Waals surface area contributed by atoms with E-state index in [4.69, 9.17) is 4.42 Å². The number of alkyl halides is 2. The molecule has 2 fully saturated rings. The van der Waals surface area contributed by atoms with Crippen molar-refractivity contribution >= 4 is 0 Å². The zero-order valence-electron chi connectivity index (χ0n) is 8.04. The zero-order chi connectivity index (χ0) is 10.5. The fourth-order valence-corrected chi connectivity index (χ4v) is 1.77. The van der Waals surface area contributed by atoms with Gasteiger partial charge in [0, 0.05) is 12.3 Å². The van der Waals surface area contributed by atoms with Gasteiger partial charge in [0.15, 0.2) is 0 Å². The monoisotopic (exact) mass is 215 g/mol. The van der Waals surface area contributed by atoms with Crippen molar-refractivity contribution in [1.82, 2.24) is 15.5 Å². The van der Waals surface area contributed by atoms with Gasteiger partial charge in [-0.15, -0.1) is 10.2 Å². The number of hydrogen-bond acceptors (Lipinski definition) is 4. The van der Waals surface area contributed by atoms with Crippen LogP contribution >= 0.6 is 0 Å². The van der Waals surface area contributed by atoms with E-state index in [-0.39, 0.29) is 13.0 Å². The van der Waals surface area contributed by atoms with Crippen LogP contribution in [-0.4, -0.2) is 22.7 Å². The highest BCUT2D eigenvalue weighted by molar-refractivity contribution is 5.03. The van der Waals surface area contributed by atoms with E-state index in [0.717, 1.165) is 12.8 Å². The maximum atomic E-state index is 12.9. The Morgan fingerprint density at radius 1 is 1.27 bits per heavy atom. The van der Waals surface area contributed by atoms with Crippen molar-refractivity contribution in [2.45, 2.75) is 37.1 Å². The molecule has 0 radical (unpaired) electrons. The van der Waals surface area contributed by atoms with Gasteiger partial charge in [0.1, 0.15) is 0 Å². The Morgan fingerprint density at radius 3 is 2.60 bits per heavy atom. The van der Waals surface area contributed by atoms with Crippen LogP contribution in [0.15, 0.2) is 4.42 Å². The van der Waals surface area contributed by atoms with Gasteiger partial charge in [0.2, 0.25) is 11.8 Å². The highest BCUT2D eigenvalue weighted by Gasteiger charge is 2.42. The first-order chi connectivity index (χ1) is 7.14. The molecular formula is C9H11F2N3O. The third-order valence-corrected chi connectivity index (χ3v) is 2.79. The second-order valence-corrected chi connectivity index (χ2v) is 4.25. The van der Waals surface area contributed by atoms with Gasteiger partial charge >= 0.3 is 0 Å². The van der Waals surface area contributed by atoms with Crippen molar-refractivity contribution in [2.75, 3.05) is 6.54 Å². The highest BCUT2D eigenvalue weighted by atomic mass is 19.3. The van der Waals surface area contributed by atoms with E-state index >= 15 is 0 Å². The summed E-state index contributed by atoms with van der Waals surface area (Å²) in [6.45, 7) is -0.307. The summed E-state index contributed by atoms with van der Waals surface area (Å²) in [5.74, 6) is -1.39. The molecule has 15 heavy (non-hydrogen) atoms. The van der Waals surface area contributed by atoms with Crippen molar-refractivity contribution in [3.63, 3.8) is 0 Å². The van der Waals surface area contributed by atoms with Crippen LogP contribution in [0, 0.1) is 0 Å². The standard InChI is InChI=1S/C9H11F2N3O/c10-9(11)3-6(12-4-9)8-14-13-7(15-8)5-1-2-5/h5-6,12H,1-4H2. The van der Waals surface area contributed by atoms with E-state index in [2.05, 4.69) is 15.5 Å². The van der Waals surface area contributed by atoms with Gasteiger partial charge in [-0.25, -0.2) is 8.78 Å². The van der Waals surface area contributed by atoms with E-state index in [9.17, 15) is 8.78 Å². The molecule has 1 atom stereocenters. The predicted octanol–water partition coefficient (Wildman–Crippen LogP) is 1.62. The van der Waals surface area contributed by atoms with Gasteiger partial charge < -0.3 is 4.42 Å². The number of nitrogens with one attached hydrogen (secondary N) is 1. The molecule has 3 rings (SSSR count). The topological polar surface area (TPSA) is 51.0 Å². The van der Waals surface area contributed by atoms with Crippen LogP contribution in [0.2, 0.25) is 0 Å². The predicted molar refractivity (Wildman–Crippen MR) is 46.6 cm³/mol. The summed E-state index contributed by atoms with van der Waals surface area (Å²) in [5.41, 5.74) is 0. The number of aromatic nitrogens is 2. The first kappa shape index (κ1) is 9.21. The van der Waals surface area contributed by atoms with Crippen LogP contribution in [0.25, 0.3) is 0 Å². The van der Waals surface area contributed by atoms with Crippen molar-refractivity contribution in [2.24, 2.45) is 0 Å². The largest absolute Gasteiger partial charge is 0.423 e. The Labute approximate surface area is 85.1 Å². The van der Waals surface area contributed by atoms with Crippen molar-refractivity contribution < 1.29 is 13.2 Å². The molecule has 0 bridgehead atoms. The molecule has 82 valence electrons. The number of rotatable bonds is 2. The highest BCUT2D eigenvalue weighted by Crippen LogP contribution is 2.40. The normalized spacial score (nSPS) is 29.6. The quantitative estimate of drug-likeness (QED) is 0.814. The molecule has 1 N–H and O–H groups in total.